The van der Waals surface area contributed by atoms with Crippen LogP contribution in [0.2, 0.25) is 0 Å². The number of ether oxygens (including phenoxy) is 1. The van der Waals surface area contributed by atoms with Crippen molar-refractivity contribution in [2.75, 3.05) is 25.5 Å². The first-order chi connectivity index (χ1) is 8.59. The van der Waals surface area contributed by atoms with E-state index in [1.165, 1.54) is 0 Å². The van der Waals surface area contributed by atoms with Gasteiger partial charge >= 0.3 is 0 Å². The molecule has 0 radical (unpaired) electrons. The Balaban J connectivity index is 1.91. The molecule has 0 saturated carbocycles. The molecule has 4 heteroatoms. The molecule has 0 aliphatic carbocycles. The molecule has 1 heterocycles. The number of hydrogen-bond acceptors (Lipinski definition) is 3. The van der Waals surface area contributed by atoms with Crippen molar-refractivity contribution < 1.29 is 9.53 Å². The highest BCUT2D eigenvalue weighted by atomic mass is 32.2. The SMILES string of the molecule is CC1(C)COCCN1C(=O)CSc1ccccc1. The summed E-state index contributed by atoms with van der Waals surface area (Å²) in [5.41, 5.74) is -0.188. The van der Waals surface area contributed by atoms with Crippen molar-refractivity contribution in [1.29, 1.82) is 0 Å². The van der Waals surface area contributed by atoms with Gasteiger partial charge in [-0.15, -0.1) is 11.8 Å². The maximum atomic E-state index is 12.2. The summed E-state index contributed by atoms with van der Waals surface area (Å²) in [7, 11) is 0. The highest BCUT2D eigenvalue weighted by Gasteiger charge is 2.33. The fourth-order valence-corrected chi connectivity index (χ4v) is 2.86. The Morgan fingerprint density at radius 3 is 2.78 bits per heavy atom. The normalized spacial score (nSPS) is 18.7. The highest BCUT2D eigenvalue weighted by molar-refractivity contribution is 8.00. The van der Waals surface area contributed by atoms with E-state index in [1.807, 2.05) is 35.2 Å². The van der Waals surface area contributed by atoms with Crippen LogP contribution in [0.3, 0.4) is 0 Å². The summed E-state index contributed by atoms with van der Waals surface area (Å²) < 4.78 is 5.43. The molecule has 1 saturated heterocycles. The molecule has 1 aromatic carbocycles. The molecule has 1 fully saturated rings. The van der Waals surface area contributed by atoms with E-state index in [1.54, 1.807) is 11.8 Å². The fraction of sp³-hybridized carbons (Fsp3) is 0.500. The fourth-order valence-electron chi connectivity index (χ4n) is 2.06. The lowest BCUT2D eigenvalue weighted by Crippen LogP contribution is -2.56. The van der Waals surface area contributed by atoms with Crippen molar-refractivity contribution in [2.45, 2.75) is 24.3 Å². The summed E-state index contributed by atoms with van der Waals surface area (Å²) in [6.07, 6.45) is 0. The lowest BCUT2D eigenvalue weighted by Gasteiger charge is -2.42. The van der Waals surface area contributed by atoms with Crippen LogP contribution in [0.1, 0.15) is 13.8 Å². The topological polar surface area (TPSA) is 29.5 Å². The minimum atomic E-state index is -0.188. The van der Waals surface area contributed by atoms with Gasteiger partial charge in [0.15, 0.2) is 0 Å². The van der Waals surface area contributed by atoms with E-state index in [4.69, 9.17) is 4.74 Å². The lowest BCUT2D eigenvalue weighted by molar-refractivity contribution is -0.143. The van der Waals surface area contributed by atoms with Gasteiger partial charge in [-0.3, -0.25) is 4.79 Å². The van der Waals surface area contributed by atoms with Gasteiger partial charge in [-0.25, -0.2) is 0 Å². The molecule has 18 heavy (non-hydrogen) atoms. The van der Waals surface area contributed by atoms with E-state index in [-0.39, 0.29) is 11.4 Å². The zero-order valence-electron chi connectivity index (χ0n) is 10.9. The molecular formula is C14H19NO2S. The zero-order valence-corrected chi connectivity index (χ0v) is 11.7. The second-order valence-electron chi connectivity index (χ2n) is 5.01. The van der Waals surface area contributed by atoms with Crippen LogP contribution in [0.5, 0.6) is 0 Å². The average Bonchev–Trinajstić information content (AvgIpc) is 2.37. The second kappa shape index (κ2) is 5.76. The summed E-state index contributed by atoms with van der Waals surface area (Å²) in [6.45, 7) is 6.07. The second-order valence-corrected chi connectivity index (χ2v) is 6.06. The third-order valence-electron chi connectivity index (χ3n) is 3.05. The molecular weight excluding hydrogens is 246 g/mol. The molecule has 0 unspecified atom stereocenters. The van der Waals surface area contributed by atoms with Gasteiger partial charge in [0, 0.05) is 11.4 Å². The number of thioether (sulfide) groups is 1. The van der Waals surface area contributed by atoms with Crippen LogP contribution in [0.15, 0.2) is 35.2 Å². The third kappa shape index (κ3) is 3.27. The van der Waals surface area contributed by atoms with E-state index in [9.17, 15) is 4.79 Å². The summed E-state index contributed by atoms with van der Waals surface area (Å²) >= 11 is 1.59. The third-order valence-corrected chi connectivity index (χ3v) is 4.05. The summed E-state index contributed by atoms with van der Waals surface area (Å²) in [6, 6.07) is 10.0. The summed E-state index contributed by atoms with van der Waals surface area (Å²) in [5, 5.41) is 0. The number of carbonyl (C=O) groups is 1. The predicted octanol–water partition coefficient (Wildman–Crippen LogP) is 2.42. The number of morpholine rings is 1. The van der Waals surface area contributed by atoms with Crippen molar-refractivity contribution >= 4 is 17.7 Å². The monoisotopic (exact) mass is 265 g/mol. The van der Waals surface area contributed by atoms with Crippen LogP contribution in [-0.4, -0.2) is 41.9 Å². The number of carbonyl (C=O) groups excluding carboxylic acids is 1. The average molecular weight is 265 g/mol. The standard InChI is InChI=1S/C14H19NO2S/c1-14(2)11-17-9-8-15(14)13(16)10-18-12-6-4-3-5-7-12/h3-7H,8-11H2,1-2H3. The Kier molecular flexibility index (Phi) is 4.30. The summed E-state index contributed by atoms with van der Waals surface area (Å²) in [4.78, 5) is 15.3. The van der Waals surface area contributed by atoms with Crippen molar-refractivity contribution in [3.05, 3.63) is 30.3 Å². The van der Waals surface area contributed by atoms with Crippen LogP contribution in [0.4, 0.5) is 0 Å². The van der Waals surface area contributed by atoms with Gasteiger partial charge in [-0.05, 0) is 26.0 Å². The van der Waals surface area contributed by atoms with Gasteiger partial charge in [0.1, 0.15) is 0 Å². The first kappa shape index (κ1) is 13.4. The van der Waals surface area contributed by atoms with Crippen LogP contribution >= 0.6 is 11.8 Å². The molecule has 98 valence electrons. The lowest BCUT2D eigenvalue weighted by atomic mass is 10.0. The Bertz CT molecular complexity index is 406. The van der Waals surface area contributed by atoms with E-state index in [2.05, 4.69) is 13.8 Å². The first-order valence-electron chi connectivity index (χ1n) is 6.16. The van der Waals surface area contributed by atoms with Gasteiger partial charge in [0.05, 0.1) is 24.5 Å². The molecule has 3 nitrogen and oxygen atoms in total. The van der Waals surface area contributed by atoms with E-state index in [0.717, 1.165) is 4.90 Å². The smallest absolute Gasteiger partial charge is 0.233 e. The van der Waals surface area contributed by atoms with Crippen molar-refractivity contribution in [3.63, 3.8) is 0 Å². The maximum absolute atomic E-state index is 12.2. The van der Waals surface area contributed by atoms with Gasteiger partial charge in [-0.2, -0.15) is 0 Å². The number of nitrogens with zero attached hydrogens (tertiary/aromatic N) is 1. The van der Waals surface area contributed by atoms with Crippen LogP contribution in [0.25, 0.3) is 0 Å². The van der Waals surface area contributed by atoms with Crippen LogP contribution in [-0.2, 0) is 9.53 Å². The first-order valence-corrected chi connectivity index (χ1v) is 7.14. The molecule has 1 amide bonds. The summed E-state index contributed by atoms with van der Waals surface area (Å²) in [5.74, 6) is 0.685. The van der Waals surface area contributed by atoms with Gasteiger partial charge < -0.3 is 9.64 Å². The predicted molar refractivity (Wildman–Crippen MR) is 73.8 cm³/mol. The molecule has 1 aliphatic rings. The van der Waals surface area contributed by atoms with Crippen molar-refractivity contribution in [3.8, 4) is 0 Å². The van der Waals surface area contributed by atoms with Gasteiger partial charge in [0.25, 0.3) is 0 Å². The number of benzene rings is 1. The number of amides is 1. The molecule has 0 bridgehead atoms. The number of hydrogen-bond donors (Lipinski definition) is 0. The van der Waals surface area contributed by atoms with Crippen molar-refractivity contribution in [2.24, 2.45) is 0 Å². The van der Waals surface area contributed by atoms with Gasteiger partial charge in [0.2, 0.25) is 5.91 Å². The Hall–Kier alpha value is -1.00. The molecule has 2 rings (SSSR count). The van der Waals surface area contributed by atoms with Crippen LogP contribution < -0.4 is 0 Å². The molecule has 0 atom stereocenters. The highest BCUT2D eigenvalue weighted by Crippen LogP contribution is 2.23. The quantitative estimate of drug-likeness (QED) is 0.786. The van der Waals surface area contributed by atoms with E-state index in [0.29, 0.717) is 25.5 Å². The van der Waals surface area contributed by atoms with E-state index >= 15 is 0 Å². The van der Waals surface area contributed by atoms with E-state index < -0.39 is 0 Å². The zero-order chi connectivity index (χ0) is 13.0. The minimum absolute atomic E-state index is 0.188. The van der Waals surface area contributed by atoms with Crippen molar-refractivity contribution in [1.82, 2.24) is 4.90 Å². The Morgan fingerprint density at radius 1 is 1.39 bits per heavy atom. The molecule has 0 N–H and O–H groups in total. The largest absolute Gasteiger partial charge is 0.377 e. The molecule has 0 spiro atoms. The molecule has 1 aliphatic heterocycles. The van der Waals surface area contributed by atoms with Crippen LogP contribution in [0, 0.1) is 0 Å². The Morgan fingerprint density at radius 2 is 2.11 bits per heavy atom. The Labute approximate surface area is 113 Å². The minimum Gasteiger partial charge on any atom is -0.377 e. The van der Waals surface area contributed by atoms with Gasteiger partial charge in [-0.1, -0.05) is 18.2 Å². The molecule has 1 aromatic rings. The maximum Gasteiger partial charge on any atom is 0.233 e. The molecule has 0 aromatic heterocycles. The number of rotatable bonds is 3.